The summed E-state index contributed by atoms with van der Waals surface area (Å²) in [4.78, 5) is 16.0. The zero-order valence-corrected chi connectivity index (χ0v) is 11.1. The average Bonchev–Trinajstić information content (AvgIpc) is 3.05. The van der Waals surface area contributed by atoms with E-state index in [0.29, 0.717) is 11.6 Å². The van der Waals surface area contributed by atoms with E-state index in [9.17, 15) is 4.79 Å². The number of aromatic nitrogens is 3. The quantitative estimate of drug-likeness (QED) is 0.881. The van der Waals surface area contributed by atoms with E-state index in [-0.39, 0.29) is 24.6 Å². The third-order valence-electron chi connectivity index (χ3n) is 3.04. The Hall–Kier alpha value is -2.57. The fourth-order valence-corrected chi connectivity index (χ4v) is 1.97. The summed E-state index contributed by atoms with van der Waals surface area (Å²) in [6.07, 6.45) is 0. The second-order valence-corrected chi connectivity index (χ2v) is 4.55. The van der Waals surface area contributed by atoms with Gasteiger partial charge in [-0.15, -0.1) is 5.10 Å². The minimum Gasteiger partial charge on any atom is -0.454 e. The number of hydrogen-bond acceptors (Lipinski definition) is 5. The van der Waals surface area contributed by atoms with E-state index in [1.54, 1.807) is 6.92 Å². The SMILES string of the molecule is Cc1nc(C(=O)NC(C)c2ccc3c(c2)OCO3)n[nH]1. The standard InChI is InChI=1S/C13H14N4O3/c1-7(14-13(18)12-15-8(2)16-17-12)9-3-4-10-11(5-9)20-6-19-10/h3-5,7H,6H2,1-2H3,(H,14,18)(H,15,16,17). The van der Waals surface area contributed by atoms with Gasteiger partial charge < -0.3 is 14.8 Å². The molecule has 0 fully saturated rings. The summed E-state index contributed by atoms with van der Waals surface area (Å²) in [5, 5.41) is 9.30. The fraction of sp³-hybridized carbons (Fsp3) is 0.308. The summed E-state index contributed by atoms with van der Waals surface area (Å²) in [7, 11) is 0. The van der Waals surface area contributed by atoms with E-state index in [1.807, 2.05) is 25.1 Å². The third kappa shape index (κ3) is 2.29. The van der Waals surface area contributed by atoms with Crippen LogP contribution in [0.25, 0.3) is 0 Å². The molecule has 1 amide bonds. The molecule has 0 saturated heterocycles. The molecule has 7 heteroatoms. The number of nitrogens with one attached hydrogen (secondary N) is 2. The normalized spacial score (nSPS) is 14.1. The topological polar surface area (TPSA) is 89.1 Å². The van der Waals surface area contributed by atoms with Crippen LogP contribution in [-0.2, 0) is 0 Å². The lowest BCUT2D eigenvalue weighted by Crippen LogP contribution is -2.27. The van der Waals surface area contributed by atoms with Gasteiger partial charge in [-0.2, -0.15) is 0 Å². The van der Waals surface area contributed by atoms with Crippen molar-refractivity contribution in [3.8, 4) is 11.5 Å². The Morgan fingerprint density at radius 2 is 2.20 bits per heavy atom. The molecule has 0 aliphatic carbocycles. The number of ether oxygens (including phenoxy) is 2. The average molecular weight is 274 g/mol. The molecular weight excluding hydrogens is 260 g/mol. The number of rotatable bonds is 3. The second kappa shape index (κ2) is 4.84. The van der Waals surface area contributed by atoms with Crippen molar-refractivity contribution in [1.82, 2.24) is 20.5 Å². The van der Waals surface area contributed by atoms with E-state index in [1.165, 1.54) is 0 Å². The lowest BCUT2D eigenvalue weighted by Gasteiger charge is -2.13. The number of aryl methyl sites for hydroxylation is 1. The molecule has 3 rings (SSSR count). The first-order valence-electron chi connectivity index (χ1n) is 6.23. The Bertz CT molecular complexity index is 653. The van der Waals surface area contributed by atoms with Gasteiger partial charge in [-0.3, -0.25) is 9.89 Å². The summed E-state index contributed by atoms with van der Waals surface area (Å²) >= 11 is 0. The molecule has 20 heavy (non-hydrogen) atoms. The summed E-state index contributed by atoms with van der Waals surface area (Å²) in [5.74, 6) is 1.83. The van der Waals surface area contributed by atoms with Gasteiger partial charge >= 0.3 is 0 Å². The summed E-state index contributed by atoms with van der Waals surface area (Å²) < 4.78 is 10.6. The number of hydrogen-bond donors (Lipinski definition) is 2. The monoisotopic (exact) mass is 274 g/mol. The Kier molecular flexibility index (Phi) is 3.02. The third-order valence-corrected chi connectivity index (χ3v) is 3.04. The Morgan fingerprint density at radius 3 is 2.95 bits per heavy atom. The van der Waals surface area contributed by atoms with Crippen molar-refractivity contribution < 1.29 is 14.3 Å². The molecule has 2 N–H and O–H groups in total. The summed E-state index contributed by atoms with van der Waals surface area (Å²) in [6.45, 7) is 3.86. The van der Waals surface area contributed by atoms with E-state index < -0.39 is 0 Å². The van der Waals surface area contributed by atoms with Crippen molar-refractivity contribution in [2.45, 2.75) is 19.9 Å². The molecule has 2 aromatic rings. The van der Waals surface area contributed by atoms with Crippen LogP contribution in [0.4, 0.5) is 0 Å². The van der Waals surface area contributed by atoms with Gasteiger partial charge in [0.15, 0.2) is 11.5 Å². The van der Waals surface area contributed by atoms with Gasteiger partial charge in [-0.1, -0.05) is 6.07 Å². The molecule has 7 nitrogen and oxygen atoms in total. The van der Waals surface area contributed by atoms with Gasteiger partial charge in [0.1, 0.15) is 5.82 Å². The second-order valence-electron chi connectivity index (χ2n) is 4.55. The van der Waals surface area contributed by atoms with E-state index in [4.69, 9.17) is 9.47 Å². The van der Waals surface area contributed by atoms with Crippen LogP contribution in [0.5, 0.6) is 11.5 Å². The maximum absolute atomic E-state index is 12.0. The van der Waals surface area contributed by atoms with Crippen LogP contribution >= 0.6 is 0 Å². The fourth-order valence-electron chi connectivity index (χ4n) is 1.97. The molecule has 0 radical (unpaired) electrons. The highest BCUT2D eigenvalue weighted by molar-refractivity contribution is 5.90. The lowest BCUT2D eigenvalue weighted by molar-refractivity contribution is 0.0929. The summed E-state index contributed by atoms with van der Waals surface area (Å²) in [5.41, 5.74) is 0.926. The van der Waals surface area contributed by atoms with Crippen molar-refractivity contribution in [2.75, 3.05) is 6.79 Å². The molecule has 1 aromatic carbocycles. The predicted octanol–water partition coefficient (Wildman–Crippen LogP) is 1.33. The molecule has 1 unspecified atom stereocenters. The van der Waals surface area contributed by atoms with Crippen molar-refractivity contribution in [2.24, 2.45) is 0 Å². The number of fused-ring (bicyclic) bond motifs is 1. The van der Waals surface area contributed by atoms with Gasteiger partial charge in [0.05, 0.1) is 6.04 Å². The highest BCUT2D eigenvalue weighted by atomic mass is 16.7. The number of H-pyrrole nitrogens is 1. The molecule has 2 heterocycles. The first kappa shape index (κ1) is 12.5. The first-order valence-corrected chi connectivity index (χ1v) is 6.23. The minimum absolute atomic E-state index is 0.134. The van der Waals surface area contributed by atoms with Crippen LogP contribution in [0.3, 0.4) is 0 Å². The van der Waals surface area contributed by atoms with Gasteiger partial charge in [0.2, 0.25) is 12.6 Å². The van der Waals surface area contributed by atoms with Gasteiger partial charge in [0, 0.05) is 0 Å². The molecule has 0 bridgehead atoms. The number of benzene rings is 1. The van der Waals surface area contributed by atoms with E-state index >= 15 is 0 Å². The van der Waals surface area contributed by atoms with Crippen molar-refractivity contribution in [3.05, 3.63) is 35.4 Å². The number of aromatic amines is 1. The summed E-state index contributed by atoms with van der Waals surface area (Å²) in [6, 6.07) is 5.39. The predicted molar refractivity (Wildman–Crippen MR) is 69.6 cm³/mol. The number of nitrogens with zero attached hydrogens (tertiary/aromatic N) is 2. The van der Waals surface area contributed by atoms with Crippen LogP contribution in [0.1, 0.15) is 35.0 Å². The van der Waals surface area contributed by atoms with Crippen molar-refractivity contribution in [1.29, 1.82) is 0 Å². The van der Waals surface area contributed by atoms with E-state index in [0.717, 1.165) is 11.3 Å². The molecule has 1 aliphatic rings. The Labute approximate surface area is 115 Å². The smallest absolute Gasteiger partial charge is 0.291 e. The van der Waals surface area contributed by atoms with Gasteiger partial charge in [-0.25, -0.2) is 4.98 Å². The molecule has 1 atom stereocenters. The largest absolute Gasteiger partial charge is 0.454 e. The molecule has 1 aromatic heterocycles. The van der Waals surface area contributed by atoms with Crippen LogP contribution in [0.2, 0.25) is 0 Å². The zero-order valence-electron chi connectivity index (χ0n) is 11.1. The van der Waals surface area contributed by atoms with Crippen LogP contribution in [0, 0.1) is 6.92 Å². The lowest BCUT2D eigenvalue weighted by atomic mass is 10.1. The number of carbonyl (C=O) groups excluding carboxylic acids is 1. The van der Waals surface area contributed by atoms with Crippen LogP contribution in [-0.4, -0.2) is 27.9 Å². The Balaban J connectivity index is 1.73. The number of carbonyl (C=O) groups is 1. The highest BCUT2D eigenvalue weighted by Gasteiger charge is 2.18. The molecule has 1 aliphatic heterocycles. The van der Waals surface area contributed by atoms with Crippen LogP contribution < -0.4 is 14.8 Å². The molecule has 0 spiro atoms. The highest BCUT2D eigenvalue weighted by Crippen LogP contribution is 2.34. The van der Waals surface area contributed by atoms with Crippen molar-refractivity contribution in [3.63, 3.8) is 0 Å². The zero-order chi connectivity index (χ0) is 14.1. The van der Waals surface area contributed by atoms with Gasteiger partial charge in [0.25, 0.3) is 5.91 Å². The molecule has 104 valence electrons. The van der Waals surface area contributed by atoms with Gasteiger partial charge in [-0.05, 0) is 31.5 Å². The Morgan fingerprint density at radius 1 is 1.40 bits per heavy atom. The maximum Gasteiger partial charge on any atom is 0.291 e. The van der Waals surface area contributed by atoms with E-state index in [2.05, 4.69) is 20.5 Å². The van der Waals surface area contributed by atoms with Crippen molar-refractivity contribution >= 4 is 5.91 Å². The maximum atomic E-state index is 12.0. The minimum atomic E-state index is -0.320. The molecule has 0 saturated carbocycles. The first-order chi connectivity index (χ1) is 9.63. The van der Waals surface area contributed by atoms with Crippen LogP contribution in [0.15, 0.2) is 18.2 Å². The number of amides is 1. The molecular formula is C13H14N4O3.